The first-order chi connectivity index (χ1) is 12.9. The fraction of sp³-hybridized carbons (Fsp3) is 0.316. The van der Waals surface area contributed by atoms with Crippen LogP contribution in [0.15, 0.2) is 47.4 Å². The Bertz CT molecular complexity index is 922. The normalized spacial score (nSPS) is 14.7. The zero-order valence-electron chi connectivity index (χ0n) is 15.4. The zero-order chi connectivity index (χ0) is 19.4. The van der Waals surface area contributed by atoms with Crippen LogP contribution >= 0.6 is 12.2 Å². The number of hydrogen-bond acceptors (Lipinski definition) is 4. The van der Waals surface area contributed by atoms with Crippen LogP contribution < -0.4 is 15.4 Å². The molecule has 1 heterocycles. The van der Waals surface area contributed by atoms with Crippen molar-refractivity contribution in [2.45, 2.75) is 24.7 Å². The number of ether oxygens (including phenoxy) is 1. The molecule has 1 fully saturated rings. The molecule has 0 radical (unpaired) electrons. The molecule has 1 aliphatic rings. The number of benzene rings is 2. The van der Waals surface area contributed by atoms with Crippen LogP contribution in [0.5, 0.6) is 5.75 Å². The van der Waals surface area contributed by atoms with Gasteiger partial charge >= 0.3 is 0 Å². The second-order valence-electron chi connectivity index (χ2n) is 6.42. The highest BCUT2D eigenvalue weighted by molar-refractivity contribution is 7.89. The van der Waals surface area contributed by atoms with Gasteiger partial charge in [0.1, 0.15) is 5.75 Å². The molecule has 6 nitrogen and oxygen atoms in total. The van der Waals surface area contributed by atoms with Gasteiger partial charge in [-0.2, -0.15) is 4.31 Å². The van der Waals surface area contributed by atoms with Crippen LogP contribution in [-0.4, -0.2) is 38.0 Å². The summed E-state index contributed by atoms with van der Waals surface area (Å²) in [6.07, 6.45) is 1.79. The lowest BCUT2D eigenvalue weighted by atomic mass is 10.2. The smallest absolute Gasteiger partial charge is 0.243 e. The lowest BCUT2D eigenvalue weighted by Crippen LogP contribution is -2.28. The van der Waals surface area contributed by atoms with Crippen LogP contribution in [0.25, 0.3) is 0 Å². The van der Waals surface area contributed by atoms with Crippen molar-refractivity contribution in [2.75, 3.05) is 30.8 Å². The molecule has 1 saturated heterocycles. The van der Waals surface area contributed by atoms with Crippen molar-refractivity contribution in [1.29, 1.82) is 0 Å². The van der Waals surface area contributed by atoms with Gasteiger partial charge in [0.05, 0.1) is 17.7 Å². The molecule has 0 unspecified atom stereocenters. The molecule has 0 aromatic heterocycles. The lowest BCUT2D eigenvalue weighted by molar-refractivity contribution is 0.416. The molecule has 2 N–H and O–H groups in total. The quantitative estimate of drug-likeness (QED) is 0.741. The predicted molar refractivity (Wildman–Crippen MR) is 112 cm³/mol. The van der Waals surface area contributed by atoms with E-state index in [-0.39, 0.29) is 4.90 Å². The average molecular weight is 406 g/mol. The molecule has 0 spiro atoms. The third-order valence-corrected chi connectivity index (χ3v) is 6.53. The van der Waals surface area contributed by atoms with Gasteiger partial charge in [0.25, 0.3) is 0 Å². The summed E-state index contributed by atoms with van der Waals surface area (Å²) in [4.78, 5) is 0.228. The summed E-state index contributed by atoms with van der Waals surface area (Å²) in [5, 5.41) is 6.48. The summed E-state index contributed by atoms with van der Waals surface area (Å²) in [5.74, 6) is 0.517. The van der Waals surface area contributed by atoms with Crippen molar-refractivity contribution in [2.24, 2.45) is 0 Å². The number of nitrogens with zero attached hydrogens (tertiary/aromatic N) is 1. The second kappa shape index (κ2) is 8.24. The van der Waals surface area contributed by atoms with E-state index in [2.05, 4.69) is 10.6 Å². The third-order valence-electron chi connectivity index (χ3n) is 4.43. The van der Waals surface area contributed by atoms with Gasteiger partial charge in [-0.05, 0) is 62.3 Å². The number of thiocarbonyl (C=S) groups is 1. The first-order valence-electron chi connectivity index (χ1n) is 8.73. The van der Waals surface area contributed by atoms with E-state index in [9.17, 15) is 8.42 Å². The van der Waals surface area contributed by atoms with Gasteiger partial charge in [-0.1, -0.05) is 17.7 Å². The maximum absolute atomic E-state index is 12.8. The Morgan fingerprint density at radius 1 is 1.07 bits per heavy atom. The van der Waals surface area contributed by atoms with Crippen molar-refractivity contribution in [1.82, 2.24) is 4.31 Å². The molecule has 27 heavy (non-hydrogen) atoms. The fourth-order valence-corrected chi connectivity index (χ4v) is 4.72. The molecule has 0 amide bonds. The molecule has 1 aliphatic heterocycles. The summed E-state index contributed by atoms with van der Waals surface area (Å²) in [6.45, 7) is 3.13. The van der Waals surface area contributed by atoms with Gasteiger partial charge in [-0.15, -0.1) is 0 Å². The molecule has 8 heteroatoms. The number of methoxy groups -OCH3 is 1. The van der Waals surface area contributed by atoms with E-state index < -0.39 is 10.0 Å². The Hall–Kier alpha value is -2.16. The Kier molecular flexibility index (Phi) is 5.98. The van der Waals surface area contributed by atoms with Crippen LogP contribution in [0.3, 0.4) is 0 Å². The number of sulfonamides is 1. The molecule has 0 saturated carbocycles. The van der Waals surface area contributed by atoms with Gasteiger partial charge < -0.3 is 15.4 Å². The Morgan fingerprint density at radius 3 is 2.37 bits per heavy atom. The van der Waals surface area contributed by atoms with Crippen molar-refractivity contribution in [3.05, 3.63) is 48.0 Å². The molecular formula is C19H23N3O3S2. The van der Waals surface area contributed by atoms with Crippen molar-refractivity contribution >= 4 is 38.7 Å². The Morgan fingerprint density at radius 2 is 1.74 bits per heavy atom. The van der Waals surface area contributed by atoms with Gasteiger partial charge in [0.15, 0.2) is 5.11 Å². The largest absolute Gasteiger partial charge is 0.495 e. The molecule has 2 aromatic rings. The molecule has 0 aliphatic carbocycles. The van der Waals surface area contributed by atoms with Gasteiger partial charge in [-0.3, -0.25) is 0 Å². The minimum atomic E-state index is -3.51. The van der Waals surface area contributed by atoms with Crippen molar-refractivity contribution in [3.8, 4) is 5.75 Å². The van der Waals surface area contributed by atoms with E-state index >= 15 is 0 Å². The minimum absolute atomic E-state index is 0.228. The summed E-state index contributed by atoms with van der Waals surface area (Å²) < 4.78 is 32.5. The van der Waals surface area contributed by atoms with Crippen LogP contribution in [0.4, 0.5) is 11.4 Å². The average Bonchev–Trinajstić information content (AvgIpc) is 3.19. The van der Waals surface area contributed by atoms with Crippen molar-refractivity contribution in [3.63, 3.8) is 0 Å². The minimum Gasteiger partial charge on any atom is -0.495 e. The molecule has 3 rings (SSSR count). The third kappa shape index (κ3) is 4.58. The molecule has 0 atom stereocenters. The second-order valence-corrected chi connectivity index (χ2v) is 8.76. The molecular weight excluding hydrogens is 382 g/mol. The van der Waals surface area contributed by atoms with Crippen LogP contribution in [0, 0.1) is 6.92 Å². The Labute approximate surface area is 165 Å². The topological polar surface area (TPSA) is 70.7 Å². The van der Waals surface area contributed by atoms with E-state index in [0.29, 0.717) is 29.6 Å². The number of aryl methyl sites for hydroxylation is 1. The summed E-state index contributed by atoms with van der Waals surface area (Å²) in [7, 11) is -1.98. The molecule has 144 valence electrons. The van der Waals surface area contributed by atoms with Crippen LogP contribution in [0.1, 0.15) is 18.4 Å². The molecule has 0 bridgehead atoms. The van der Waals surface area contributed by atoms with E-state index in [0.717, 1.165) is 24.1 Å². The SMILES string of the molecule is COc1ccc(S(=O)(=O)N2CCCC2)cc1NC(=S)Nc1ccc(C)cc1. The molecule has 2 aromatic carbocycles. The standard InChI is InChI=1S/C19H23N3O3S2/c1-14-5-7-15(8-6-14)20-19(26)21-17-13-16(9-10-18(17)25-2)27(23,24)22-11-3-4-12-22/h5-10,13H,3-4,11-12H2,1-2H3,(H2,20,21,26). The highest BCUT2D eigenvalue weighted by Crippen LogP contribution is 2.30. The fourth-order valence-electron chi connectivity index (χ4n) is 2.94. The van der Waals surface area contributed by atoms with Crippen LogP contribution in [-0.2, 0) is 10.0 Å². The number of hydrogen-bond donors (Lipinski definition) is 2. The summed E-state index contributed by atoms with van der Waals surface area (Å²) in [5.41, 5.74) is 2.50. The van der Waals surface area contributed by atoms with E-state index in [4.69, 9.17) is 17.0 Å². The number of nitrogens with one attached hydrogen (secondary N) is 2. The maximum atomic E-state index is 12.8. The van der Waals surface area contributed by atoms with E-state index in [1.54, 1.807) is 18.2 Å². The highest BCUT2D eigenvalue weighted by atomic mass is 32.2. The Balaban J connectivity index is 1.81. The number of rotatable bonds is 5. The first kappa shape index (κ1) is 19.6. The van der Waals surface area contributed by atoms with E-state index in [1.165, 1.54) is 11.4 Å². The number of anilines is 2. The van der Waals surface area contributed by atoms with Crippen molar-refractivity contribution < 1.29 is 13.2 Å². The van der Waals surface area contributed by atoms with Gasteiger partial charge in [-0.25, -0.2) is 8.42 Å². The zero-order valence-corrected chi connectivity index (χ0v) is 17.0. The summed E-state index contributed by atoms with van der Waals surface area (Å²) >= 11 is 5.36. The first-order valence-corrected chi connectivity index (χ1v) is 10.6. The summed E-state index contributed by atoms with van der Waals surface area (Å²) in [6, 6.07) is 12.6. The highest BCUT2D eigenvalue weighted by Gasteiger charge is 2.27. The maximum Gasteiger partial charge on any atom is 0.243 e. The van der Waals surface area contributed by atoms with E-state index in [1.807, 2.05) is 31.2 Å². The lowest BCUT2D eigenvalue weighted by Gasteiger charge is -2.18. The van der Waals surface area contributed by atoms with Gasteiger partial charge in [0.2, 0.25) is 10.0 Å². The van der Waals surface area contributed by atoms with Crippen LogP contribution in [0.2, 0.25) is 0 Å². The van der Waals surface area contributed by atoms with Gasteiger partial charge in [0, 0.05) is 18.8 Å². The predicted octanol–water partition coefficient (Wildman–Crippen LogP) is 3.60. The monoisotopic (exact) mass is 405 g/mol.